The molecular weight excluding hydrogens is 235 g/mol. The van der Waals surface area contributed by atoms with Crippen molar-refractivity contribution in [3.63, 3.8) is 0 Å². The molecule has 0 amide bonds. The average molecular weight is 247 g/mol. The fraction of sp³-hybridized carbons (Fsp3) is 0.364. The lowest BCUT2D eigenvalue weighted by atomic mass is 10.1. The number of carbonyl (C=O) groups is 1. The molecule has 2 nitrogen and oxygen atoms in total. The number of benzene rings is 1. The van der Waals surface area contributed by atoms with Crippen LogP contribution in [0.15, 0.2) is 24.3 Å². The van der Waals surface area contributed by atoms with Gasteiger partial charge in [0.15, 0.2) is 6.10 Å². The summed E-state index contributed by atoms with van der Waals surface area (Å²) in [6, 6.07) is 7.53. The van der Waals surface area contributed by atoms with Gasteiger partial charge in [-0.3, -0.25) is 4.79 Å². The van der Waals surface area contributed by atoms with E-state index in [1.165, 1.54) is 6.92 Å². The molecule has 15 heavy (non-hydrogen) atoms. The van der Waals surface area contributed by atoms with E-state index in [-0.39, 0.29) is 0 Å². The van der Waals surface area contributed by atoms with Crippen molar-refractivity contribution in [2.75, 3.05) is 0 Å². The van der Waals surface area contributed by atoms with Gasteiger partial charge >= 0.3 is 5.97 Å². The number of ether oxygens (including phenoxy) is 1. The second-order valence-corrected chi connectivity index (χ2v) is 4.44. The van der Waals surface area contributed by atoms with Crippen molar-refractivity contribution >= 4 is 29.2 Å². The van der Waals surface area contributed by atoms with Crippen LogP contribution in [0.1, 0.15) is 24.2 Å². The molecule has 0 N–H and O–H groups in total. The van der Waals surface area contributed by atoms with E-state index in [4.69, 9.17) is 27.9 Å². The Balaban J connectivity index is 2.88. The summed E-state index contributed by atoms with van der Waals surface area (Å²) in [7, 11) is 0. The number of carbonyl (C=O) groups excluding carboxylic acids is 1. The smallest absolute Gasteiger partial charge is 0.303 e. The summed E-state index contributed by atoms with van der Waals surface area (Å²) >= 11 is 11.5. The lowest BCUT2D eigenvalue weighted by molar-refractivity contribution is -0.146. The van der Waals surface area contributed by atoms with Crippen LogP contribution in [-0.4, -0.2) is 10.8 Å². The van der Waals surface area contributed by atoms with Gasteiger partial charge in [0.25, 0.3) is 0 Å². The van der Waals surface area contributed by atoms with E-state index in [2.05, 4.69) is 0 Å². The van der Waals surface area contributed by atoms with Gasteiger partial charge in [0, 0.05) is 6.92 Å². The quantitative estimate of drug-likeness (QED) is 0.604. The largest absolute Gasteiger partial charge is 0.455 e. The van der Waals surface area contributed by atoms with Crippen molar-refractivity contribution in [3.05, 3.63) is 35.4 Å². The zero-order valence-corrected chi connectivity index (χ0v) is 10.0. The maximum Gasteiger partial charge on any atom is 0.303 e. The van der Waals surface area contributed by atoms with Crippen LogP contribution in [0.3, 0.4) is 0 Å². The van der Waals surface area contributed by atoms with Crippen LogP contribution in [0.4, 0.5) is 0 Å². The maximum atomic E-state index is 10.9. The summed E-state index contributed by atoms with van der Waals surface area (Å²) in [6.45, 7) is 3.31. The van der Waals surface area contributed by atoms with Crippen LogP contribution < -0.4 is 0 Å². The second kappa shape index (κ2) is 5.38. The van der Waals surface area contributed by atoms with Crippen molar-refractivity contribution in [2.45, 2.75) is 24.8 Å². The van der Waals surface area contributed by atoms with Crippen LogP contribution in [0.5, 0.6) is 0 Å². The third-order valence-electron chi connectivity index (χ3n) is 1.93. The average Bonchev–Trinajstić information content (AvgIpc) is 2.15. The number of rotatable bonds is 3. The lowest BCUT2D eigenvalue weighted by Gasteiger charge is -2.18. The third kappa shape index (κ3) is 3.73. The number of alkyl halides is 2. The molecule has 0 saturated heterocycles. The van der Waals surface area contributed by atoms with Crippen LogP contribution in [0.25, 0.3) is 0 Å². The third-order valence-corrected chi connectivity index (χ3v) is 2.39. The Bertz CT molecular complexity index is 333. The molecule has 0 saturated carbocycles. The maximum absolute atomic E-state index is 10.9. The van der Waals surface area contributed by atoms with Gasteiger partial charge in [-0.05, 0) is 12.5 Å². The van der Waals surface area contributed by atoms with Crippen molar-refractivity contribution in [1.82, 2.24) is 0 Å². The predicted octanol–water partition coefficient (Wildman–Crippen LogP) is 3.40. The number of aryl methyl sites for hydroxylation is 1. The van der Waals surface area contributed by atoms with Gasteiger partial charge < -0.3 is 4.74 Å². The minimum absolute atomic E-state index is 0.396. The summed E-state index contributed by atoms with van der Waals surface area (Å²) in [5.41, 5.74) is 1.92. The molecule has 0 aromatic heterocycles. The molecule has 1 aromatic carbocycles. The number of hydrogen-bond acceptors (Lipinski definition) is 2. The topological polar surface area (TPSA) is 26.3 Å². The molecule has 0 aliphatic rings. The molecule has 82 valence electrons. The molecule has 0 fully saturated rings. The molecular formula is C11H12Cl2O2. The Hall–Kier alpha value is -0.730. The highest BCUT2D eigenvalue weighted by atomic mass is 35.5. The molecule has 0 bridgehead atoms. The van der Waals surface area contributed by atoms with Gasteiger partial charge in [0.1, 0.15) is 4.84 Å². The molecule has 0 aliphatic carbocycles. The summed E-state index contributed by atoms with van der Waals surface area (Å²) in [4.78, 5) is 10.1. The normalized spacial score (nSPS) is 12.6. The number of halogens is 2. The first-order valence-corrected chi connectivity index (χ1v) is 5.40. The highest BCUT2D eigenvalue weighted by Gasteiger charge is 2.21. The Morgan fingerprint density at radius 1 is 1.27 bits per heavy atom. The Morgan fingerprint density at radius 2 is 1.80 bits per heavy atom. The first-order chi connectivity index (χ1) is 7.00. The van der Waals surface area contributed by atoms with Crippen molar-refractivity contribution in [2.24, 2.45) is 0 Å². The van der Waals surface area contributed by atoms with Crippen LogP contribution in [-0.2, 0) is 9.53 Å². The minimum atomic E-state index is -0.767. The van der Waals surface area contributed by atoms with E-state index in [1.54, 1.807) is 0 Å². The van der Waals surface area contributed by atoms with Gasteiger partial charge in [0.2, 0.25) is 0 Å². The van der Waals surface area contributed by atoms with E-state index < -0.39 is 16.9 Å². The summed E-state index contributed by atoms with van der Waals surface area (Å²) in [5, 5.41) is 0. The lowest BCUT2D eigenvalue weighted by Crippen LogP contribution is -2.14. The fourth-order valence-corrected chi connectivity index (χ4v) is 1.59. The zero-order chi connectivity index (χ0) is 11.4. The number of hydrogen-bond donors (Lipinski definition) is 0. The molecule has 0 aliphatic heterocycles. The Labute approximate surface area is 99.1 Å². The highest BCUT2D eigenvalue weighted by Crippen LogP contribution is 2.28. The monoisotopic (exact) mass is 246 g/mol. The minimum Gasteiger partial charge on any atom is -0.455 e. The van der Waals surface area contributed by atoms with E-state index in [0.717, 1.165) is 11.1 Å². The Kier molecular flexibility index (Phi) is 4.43. The van der Waals surface area contributed by atoms with Crippen LogP contribution >= 0.6 is 23.2 Å². The fourth-order valence-electron chi connectivity index (χ4n) is 1.20. The highest BCUT2D eigenvalue weighted by molar-refractivity contribution is 6.44. The molecule has 1 atom stereocenters. The summed E-state index contributed by atoms with van der Waals surface area (Å²) in [5.74, 6) is -0.396. The van der Waals surface area contributed by atoms with Crippen LogP contribution in [0.2, 0.25) is 0 Å². The standard InChI is InChI=1S/C11H12Cl2O2/c1-7-3-5-9(6-4-7)10(11(12)13)15-8(2)14/h3-6,10-11H,1-2H3. The zero-order valence-electron chi connectivity index (χ0n) is 8.54. The van der Waals surface area contributed by atoms with Crippen molar-refractivity contribution < 1.29 is 9.53 Å². The van der Waals surface area contributed by atoms with Crippen molar-refractivity contribution in [3.8, 4) is 0 Å². The van der Waals surface area contributed by atoms with E-state index in [1.807, 2.05) is 31.2 Å². The Morgan fingerprint density at radius 3 is 2.20 bits per heavy atom. The summed E-state index contributed by atoms with van der Waals surface area (Å²) in [6.07, 6.45) is -0.605. The first kappa shape index (κ1) is 12.3. The summed E-state index contributed by atoms with van der Waals surface area (Å²) < 4.78 is 5.03. The molecule has 1 aromatic rings. The molecule has 1 unspecified atom stereocenters. The van der Waals surface area contributed by atoms with Gasteiger partial charge in [0.05, 0.1) is 0 Å². The van der Waals surface area contributed by atoms with Crippen LogP contribution in [0, 0.1) is 6.92 Å². The van der Waals surface area contributed by atoms with Gasteiger partial charge in [-0.25, -0.2) is 0 Å². The first-order valence-electron chi connectivity index (χ1n) is 4.52. The van der Waals surface area contributed by atoms with E-state index >= 15 is 0 Å². The van der Waals surface area contributed by atoms with Gasteiger partial charge in [-0.2, -0.15) is 0 Å². The van der Waals surface area contributed by atoms with E-state index in [9.17, 15) is 4.79 Å². The SMILES string of the molecule is CC(=O)OC(c1ccc(C)cc1)C(Cl)Cl. The molecule has 0 heterocycles. The predicted molar refractivity (Wildman–Crippen MR) is 61.2 cm³/mol. The van der Waals surface area contributed by atoms with Gasteiger partial charge in [-0.15, -0.1) is 23.2 Å². The molecule has 0 radical (unpaired) electrons. The molecule has 1 rings (SSSR count). The molecule has 4 heteroatoms. The van der Waals surface area contributed by atoms with E-state index in [0.29, 0.717) is 0 Å². The van der Waals surface area contributed by atoms with Gasteiger partial charge in [-0.1, -0.05) is 29.8 Å². The van der Waals surface area contributed by atoms with Crippen molar-refractivity contribution in [1.29, 1.82) is 0 Å². The number of esters is 1. The molecule has 0 spiro atoms. The second-order valence-electron chi connectivity index (χ2n) is 3.28.